The molecule has 184 valence electrons. The third-order valence-electron chi connectivity index (χ3n) is 5.67. The van der Waals surface area contributed by atoms with Crippen molar-refractivity contribution >= 4 is 56.8 Å². The third kappa shape index (κ3) is 5.43. The van der Waals surface area contributed by atoms with E-state index in [0.29, 0.717) is 16.8 Å². The van der Waals surface area contributed by atoms with Gasteiger partial charge in [0, 0.05) is 40.4 Å². The molecule has 2 aromatic carbocycles. The van der Waals surface area contributed by atoms with Crippen LogP contribution in [-0.2, 0) is 0 Å². The van der Waals surface area contributed by atoms with Crippen molar-refractivity contribution < 1.29 is 9.59 Å². The van der Waals surface area contributed by atoms with Gasteiger partial charge in [0.25, 0.3) is 5.91 Å². The lowest BCUT2D eigenvalue weighted by molar-refractivity contribution is 0.102. The summed E-state index contributed by atoms with van der Waals surface area (Å²) >= 11 is 2.26. The summed E-state index contributed by atoms with van der Waals surface area (Å²) < 4.78 is 1.15. The topological polar surface area (TPSA) is 116 Å². The molecule has 0 aliphatic carbocycles. The predicted molar refractivity (Wildman–Crippen MR) is 152 cm³/mol. The molecule has 0 spiro atoms. The molecule has 3 amide bonds. The van der Waals surface area contributed by atoms with Crippen LogP contribution in [0.1, 0.15) is 10.5 Å². The maximum absolute atomic E-state index is 13.1. The molecule has 0 unspecified atom stereocenters. The maximum atomic E-state index is 13.1. The molecular formula is C27H22IN7O2. The fourth-order valence-electron chi connectivity index (χ4n) is 3.72. The molecule has 5 rings (SSSR count). The van der Waals surface area contributed by atoms with Crippen molar-refractivity contribution in [1.29, 1.82) is 0 Å². The Morgan fingerprint density at radius 3 is 2.35 bits per heavy atom. The number of rotatable bonds is 5. The minimum Gasteiger partial charge on any atom is -0.331 e. The summed E-state index contributed by atoms with van der Waals surface area (Å²) in [5.74, 6) is -0.350. The van der Waals surface area contributed by atoms with E-state index in [0.717, 1.165) is 31.5 Å². The summed E-state index contributed by atoms with van der Waals surface area (Å²) in [7, 11) is 3.33. The van der Waals surface area contributed by atoms with E-state index in [4.69, 9.17) is 0 Å². The fourth-order valence-corrected chi connectivity index (χ4v) is 4.08. The van der Waals surface area contributed by atoms with Crippen LogP contribution in [0.15, 0.2) is 79.3 Å². The summed E-state index contributed by atoms with van der Waals surface area (Å²) in [5, 5.41) is 13.5. The quantitative estimate of drug-likeness (QED) is 0.225. The van der Waals surface area contributed by atoms with Gasteiger partial charge in [-0.05, 0) is 70.6 Å². The summed E-state index contributed by atoms with van der Waals surface area (Å²) in [6.07, 6.45) is 4.91. The highest BCUT2D eigenvalue weighted by molar-refractivity contribution is 14.1. The number of nitrogens with zero attached hydrogens (tertiary/aromatic N) is 4. The summed E-state index contributed by atoms with van der Waals surface area (Å²) in [5.41, 5.74) is 5.59. The number of carbonyl (C=O) groups is 2. The molecule has 3 heterocycles. The van der Waals surface area contributed by atoms with Gasteiger partial charge in [-0.25, -0.2) is 4.79 Å². The molecule has 0 aliphatic rings. The first-order chi connectivity index (χ1) is 17.9. The second kappa shape index (κ2) is 10.3. The zero-order valence-electron chi connectivity index (χ0n) is 20.0. The first-order valence-electron chi connectivity index (χ1n) is 11.3. The van der Waals surface area contributed by atoms with Crippen molar-refractivity contribution in [1.82, 2.24) is 25.1 Å². The molecule has 5 aromatic rings. The van der Waals surface area contributed by atoms with Crippen molar-refractivity contribution in [2.24, 2.45) is 0 Å². The Morgan fingerprint density at radius 2 is 1.62 bits per heavy atom. The largest absolute Gasteiger partial charge is 0.331 e. The molecule has 10 heteroatoms. The van der Waals surface area contributed by atoms with E-state index >= 15 is 0 Å². The van der Waals surface area contributed by atoms with E-state index in [1.807, 2.05) is 60.7 Å². The highest BCUT2D eigenvalue weighted by Crippen LogP contribution is 2.27. The number of benzene rings is 2. The number of halogens is 1. The van der Waals surface area contributed by atoms with Crippen molar-refractivity contribution in [3.8, 4) is 22.4 Å². The van der Waals surface area contributed by atoms with Crippen LogP contribution in [0.5, 0.6) is 0 Å². The summed E-state index contributed by atoms with van der Waals surface area (Å²) in [6.45, 7) is 0. The minimum absolute atomic E-state index is 0.246. The van der Waals surface area contributed by atoms with Gasteiger partial charge in [0.05, 0.1) is 35.0 Å². The zero-order chi connectivity index (χ0) is 25.9. The lowest BCUT2D eigenvalue weighted by Gasteiger charge is -2.12. The Kier molecular flexibility index (Phi) is 6.82. The van der Waals surface area contributed by atoms with Gasteiger partial charge in [0.2, 0.25) is 0 Å². The Balaban J connectivity index is 1.37. The van der Waals surface area contributed by atoms with E-state index in [9.17, 15) is 9.59 Å². The van der Waals surface area contributed by atoms with Gasteiger partial charge in [-0.1, -0.05) is 18.2 Å². The fraction of sp³-hybridized carbons (Fsp3) is 0.0741. The number of hydrogen-bond donors (Lipinski definition) is 3. The second-order valence-corrected chi connectivity index (χ2v) is 9.76. The third-order valence-corrected chi connectivity index (χ3v) is 6.39. The number of nitrogens with one attached hydrogen (secondary N) is 3. The van der Waals surface area contributed by atoms with Gasteiger partial charge >= 0.3 is 6.03 Å². The second-order valence-electron chi connectivity index (χ2n) is 8.51. The number of pyridine rings is 2. The highest BCUT2D eigenvalue weighted by Gasteiger charge is 2.16. The van der Waals surface area contributed by atoms with Crippen LogP contribution in [0.2, 0.25) is 0 Å². The first-order valence-corrected chi connectivity index (χ1v) is 12.4. The number of amides is 3. The lowest BCUT2D eigenvalue weighted by atomic mass is 10.0. The molecule has 9 nitrogen and oxygen atoms in total. The first kappa shape index (κ1) is 24.4. The molecular weight excluding hydrogens is 581 g/mol. The monoisotopic (exact) mass is 603 g/mol. The SMILES string of the molecule is CN(C)C(=O)Nc1cncc(-c2ccc3[nH]nc(C(=O)Nc4ccc(-c5ccc(I)cc5)nc4)c3c2)c1. The van der Waals surface area contributed by atoms with Crippen molar-refractivity contribution in [2.75, 3.05) is 24.7 Å². The van der Waals surface area contributed by atoms with Crippen LogP contribution in [0.4, 0.5) is 16.2 Å². The van der Waals surface area contributed by atoms with Crippen LogP contribution in [0, 0.1) is 3.57 Å². The smallest absolute Gasteiger partial charge is 0.321 e. The molecule has 0 bridgehead atoms. The number of urea groups is 1. The Morgan fingerprint density at radius 1 is 0.838 bits per heavy atom. The van der Waals surface area contributed by atoms with Gasteiger partial charge in [-0.3, -0.25) is 19.9 Å². The van der Waals surface area contributed by atoms with Gasteiger partial charge in [-0.15, -0.1) is 0 Å². The molecule has 0 aliphatic heterocycles. The van der Waals surface area contributed by atoms with E-state index in [1.165, 1.54) is 4.90 Å². The summed E-state index contributed by atoms with van der Waals surface area (Å²) in [6, 6.07) is 19.0. The molecule has 37 heavy (non-hydrogen) atoms. The summed E-state index contributed by atoms with van der Waals surface area (Å²) in [4.78, 5) is 35.3. The van der Waals surface area contributed by atoms with Gasteiger partial charge < -0.3 is 15.5 Å². The number of aromatic amines is 1. The lowest BCUT2D eigenvalue weighted by Crippen LogP contribution is -2.27. The van der Waals surface area contributed by atoms with Crippen LogP contribution in [-0.4, -0.2) is 51.1 Å². The molecule has 0 atom stereocenters. The number of fused-ring (bicyclic) bond motifs is 1. The van der Waals surface area contributed by atoms with Gasteiger partial charge in [0.15, 0.2) is 5.69 Å². The zero-order valence-corrected chi connectivity index (χ0v) is 22.1. The molecule has 0 saturated carbocycles. The Bertz CT molecular complexity index is 1600. The average Bonchev–Trinajstić information content (AvgIpc) is 3.33. The number of H-pyrrole nitrogens is 1. The number of anilines is 2. The maximum Gasteiger partial charge on any atom is 0.321 e. The Labute approximate surface area is 226 Å². The molecule has 0 radical (unpaired) electrons. The minimum atomic E-state index is -0.350. The van der Waals surface area contributed by atoms with E-state index < -0.39 is 0 Å². The van der Waals surface area contributed by atoms with Gasteiger partial charge in [0.1, 0.15) is 0 Å². The number of carbonyl (C=O) groups excluding carboxylic acids is 2. The molecule has 3 N–H and O–H groups in total. The van der Waals surface area contributed by atoms with Crippen molar-refractivity contribution in [2.45, 2.75) is 0 Å². The van der Waals surface area contributed by atoms with Crippen LogP contribution in [0.25, 0.3) is 33.3 Å². The van der Waals surface area contributed by atoms with Crippen LogP contribution in [0.3, 0.4) is 0 Å². The number of hydrogen-bond acceptors (Lipinski definition) is 5. The predicted octanol–water partition coefficient (Wildman–Crippen LogP) is 5.64. The Hall–Kier alpha value is -4.32. The highest BCUT2D eigenvalue weighted by atomic mass is 127. The molecule has 0 fully saturated rings. The van der Waals surface area contributed by atoms with Gasteiger partial charge in [-0.2, -0.15) is 5.10 Å². The van der Waals surface area contributed by atoms with Crippen molar-refractivity contribution in [3.05, 3.63) is 88.5 Å². The van der Waals surface area contributed by atoms with Crippen LogP contribution < -0.4 is 10.6 Å². The van der Waals surface area contributed by atoms with E-state index in [1.54, 1.807) is 32.7 Å². The van der Waals surface area contributed by atoms with Crippen LogP contribution >= 0.6 is 22.6 Å². The normalized spacial score (nSPS) is 10.8. The standard InChI is InChI=1S/C27H22IN7O2/c1-35(2)27(37)32-21-11-18(13-29-14-21)17-5-9-24-22(12-17)25(34-33-24)26(36)31-20-8-10-23(30-15-20)16-3-6-19(28)7-4-16/h3-15H,1-2H3,(H,31,36)(H,32,37)(H,33,34). The average molecular weight is 603 g/mol. The number of aromatic nitrogens is 4. The molecule has 3 aromatic heterocycles. The van der Waals surface area contributed by atoms with Crippen molar-refractivity contribution in [3.63, 3.8) is 0 Å². The van der Waals surface area contributed by atoms with E-state index in [2.05, 4.69) is 53.4 Å². The molecule has 0 saturated heterocycles. The van der Waals surface area contributed by atoms with E-state index in [-0.39, 0.29) is 17.6 Å².